The molecule has 42 heteroatoms. The number of aromatic carboxylic acids is 1. The van der Waals surface area contributed by atoms with Crippen molar-refractivity contribution in [3.8, 4) is 5.75 Å². The number of halogens is 2. The zero-order valence-electron chi connectivity index (χ0n) is 42.8. The Labute approximate surface area is 498 Å². The molecule has 8 rings (SSSR count). The fraction of sp³-hybridized carbons (Fsp3) is 0.0667. The van der Waals surface area contributed by atoms with Gasteiger partial charge in [0.1, 0.15) is 21.2 Å². The minimum atomic E-state index is -5.29. The van der Waals surface area contributed by atoms with E-state index in [-0.39, 0.29) is 52.4 Å². The summed E-state index contributed by atoms with van der Waals surface area (Å²) < 4.78 is 200. The van der Waals surface area contributed by atoms with Crippen molar-refractivity contribution < 1.29 is 106 Å². The number of carbonyl (C=O) groups is 1. The van der Waals surface area contributed by atoms with Gasteiger partial charge in [-0.3, -0.25) is 28.2 Å². The first kappa shape index (κ1) is 65.2. The maximum absolute atomic E-state index is 14.9. The summed E-state index contributed by atoms with van der Waals surface area (Å²) in [4.78, 5) is 29.4. The molecule has 0 spiro atoms. The second-order valence-electron chi connectivity index (χ2n) is 17.2. The average Bonchev–Trinajstić information content (AvgIpc) is 1.67. The first-order valence-electron chi connectivity index (χ1n) is 23.1. The molecule has 87 heavy (non-hydrogen) atoms. The quantitative estimate of drug-likeness (QED) is 0.00695. The number of rotatable bonds is 21. The van der Waals surface area contributed by atoms with Crippen molar-refractivity contribution in [1.29, 1.82) is 0 Å². The standard InChI is InChI=1S/C45H36F2N16O18S5.Cu/c1-21(20-48-42-52-40(46)54-44(56-42)50-23-7-9-24(10-8-23)58-59-25-13-30-31(35(14-25)85(76,77)78)15-27(83(70,71)72)19-36(30)86(79,80)81)49-43-53-41(47)55-45(57-43)51-33-17-28(84(73,74)75)18-34(37(33)64)61-63-38(22-5-3-2-4-6-22)62-60-32-16-26(82(67,68)69)11-12-29(32)39(65)66;/h2-19,21,61,64H,20H2,1H3,(H,65,66)(H,67,68,69)(H,70,71,72)(H,73,74,75)(H,76,77,78)(H,79,80,81)(H2,48,50,52,54,56)(H2,49,51,53,55,57);/b59-58?,62-60?,63-38-;. The average molecular weight is 1350 g/mol. The molecule has 0 fully saturated rings. The first-order chi connectivity index (χ1) is 40.2. The number of fused-ring (bicyclic) bond motifs is 1. The van der Waals surface area contributed by atoms with Gasteiger partial charge in [-0.25, -0.2) is 4.79 Å². The zero-order chi connectivity index (χ0) is 62.7. The Morgan fingerprint density at radius 3 is 1.71 bits per heavy atom. The van der Waals surface area contributed by atoms with Crippen molar-refractivity contribution >= 4 is 131 Å². The molecule has 0 saturated heterocycles. The Hall–Kier alpha value is -9.33. The van der Waals surface area contributed by atoms with E-state index in [1.165, 1.54) is 55.5 Å². The SMILES string of the molecule is CC(CNc1nc(F)nc(Nc2ccc(N=Nc3cc(S(=O)(=O)O)c4cc(S(=O)(=O)O)cc(S(=O)(=O)O)c4c3)cc2)n1)Nc1nc(F)nc(Nc2cc(S(=O)(=O)O)cc(N/N=C(\N=Nc3cc(S(=O)(=O)O)ccc3C(=O)O)c3ccccc3)c2O)n1.[Cu]. The van der Waals surface area contributed by atoms with Crippen LogP contribution in [0.15, 0.2) is 159 Å². The van der Waals surface area contributed by atoms with Gasteiger partial charge < -0.3 is 31.5 Å². The molecule has 2 aromatic heterocycles. The number of hydrazone groups is 1. The summed E-state index contributed by atoms with van der Waals surface area (Å²) in [5.41, 5.74) is 0.150. The van der Waals surface area contributed by atoms with Gasteiger partial charge >= 0.3 is 18.1 Å². The predicted octanol–water partition coefficient (Wildman–Crippen LogP) is 6.50. The van der Waals surface area contributed by atoms with E-state index in [1.54, 1.807) is 6.07 Å². The second kappa shape index (κ2) is 25.7. The van der Waals surface area contributed by atoms with E-state index in [4.69, 9.17) is 0 Å². The van der Waals surface area contributed by atoms with Crippen LogP contribution in [0.1, 0.15) is 22.8 Å². The summed E-state index contributed by atoms with van der Waals surface area (Å²) in [5.74, 6) is -4.56. The minimum absolute atomic E-state index is 0. The van der Waals surface area contributed by atoms with Crippen LogP contribution < -0.4 is 26.7 Å². The van der Waals surface area contributed by atoms with Crippen molar-refractivity contribution in [2.24, 2.45) is 25.6 Å². The number of azo groups is 2. The summed E-state index contributed by atoms with van der Waals surface area (Å²) in [6.07, 6.45) is -2.67. The van der Waals surface area contributed by atoms with Gasteiger partial charge in [0.05, 0.1) is 37.3 Å². The molecule has 0 aliphatic carbocycles. The smallest absolute Gasteiger partial charge is 0.337 e. The third-order valence-electron chi connectivity index (χ3n) is 11.1. The fourth-order valence-electron chi connectivity index (χ4n) is 7.26. The van der Waals surface area contributed by atoms with Crippen LogP contribution in [0.4, 0.5) is 66.7 Å². The zero-order valence-corrected chi connectivity index (χ0v) is 47.8. The number of phenols is 1. The molecular weight excluding hydrogens is 1310 g/mol. The monoisotopic (exact) mass is 1350 g/mol. The van der Waals surface area contributed by atoms with Crippen LogP contribution in [0.5, 0.6) is 5.75 Å². The number of amidine groups is 1. The van der Waals surface area contributed by atoms with Crippen molar-refractivity contribution in [1.82, 2.24) is 29.9 Å². The number of hydrogen-bond donors (Lipinski definition) is 12. The van der Waals surface area contributed by atoms with Gasteiger partial charge in [-0.2, -0.15) is 96.1 Å². The largest absolute Gasteiger partial charge is 0.504 e. The molecule has 1 atom stereocenters. The maximum Gasteiger partial charge on any atom is 0.337 e. The van der Waals surface area contributed by atoms with Crippen LogP contribution in [-0.2, 0) is 67.7 Å². The molecule has 0 amide bonds. The molecule has 0 bridgehead atoms. The number of carboxylic acid groups (broad SMARTS) is 1. The van der Waals surface area contributed by atoms with E-state index in [0.29, 0.717) is 24.3 Å². The Balaban J connectivity index is 0.0000108. The number of aromatic hydroxyl groups is 1. The number of benzene rings is 6. The van der Waals surface area contributed by atoms with Gasteiger partial charge in [0.2, 0.25) is 29.6 Å². The summed E-state index contributed by atoms with van der Waals surface area (Å²) in [6, 6.07) is 18.5. The third kappa shape index (κ3) is 16.8. The van der Waals surface area contributed by atoms with E-state index in [1.807, 2.05) is 0 Å². The Morgan fingerprint density at radius 1 is 0.563 bits per heavy atom. The third-order valence-corrected chi connectivity index (χ3v) is 15.4. The maximum atomic E-state index is 14.9. The number of nitrogens with one attached hydrogen (secondary N) is 5. The molecular formula is C45H36CuF2N16O18S5. The normalized spacial score (nSPS) is 12.9. The topological polar surface area (TPSA) is 529 Å². The molecule has 0 aliphatic heterocycles. The Morgan fingerprint density at radius 2 is 1.10 bits per heavy atom. The van der Waals surface area contributed by atoms with E-state index in [9.17, 15) is 88.6 Å². The molecule has 34 nitrogen and oxygen atoms in total. The van der Waals surface area contributed by atoms with Gasteiger partial charge in [0.25, 0.3) is 50.6 Å². The van der Waals surface area contributed by atoms with E-state index in [0.717, 1.165) is 30.3 Å². The molecule has 0 saturated carbocycles. The van der Waals surface area contributed by atoms with Crippen LogP contribution in [0, 0.1) is 12.2 Å². The number of hydrogen-bond acceptors (Lipinski definition) is 27. The van der Waals surface area contributed by atoms with E-state index in [2.05, 4.69) is 82.2 Å². The number of carboxylic acids is 1. The Bertz CT molecular complexity index is 4740. The van der Waals surface area contributed by atoms with Crippen molar-refractivity contribution in [2.75, 3.05) is 33.2 Å². The molecule has 1 radical (unpaired) electrons. The number of anilines is 7. The van der Waals surface area contributed by atoms with Gasteiger partial charge in [0.15, 0.2) is 5.75 Å². The summed E-state index contributed by atoms with van der Waals surface area (Å²) in [6.45, 7) is 1.37. The first-order valence-corrected chi connectivity index (χ1v) is 30.3. The van der Waals surface area contributed by atoms with Crippen molar-refractivity contribution in [2.45, 2.75) is 37.4 Å². The molecule has 12 N–H and O–H groups in total. The predicted molar refractivity (Wildman–Crippen MR) is 294 cm³/mol. The number of nitrogens with zero attached hydrogens (tertiary/aromatic N) is 11. The fourth-order valence-corrected chi connectivity index (χ4v) is 10.3. The number of phenolic OH excluding ortho intramolecular Hbond substituents is 1. The summed E-state index contributed by atoms with van der Waals surface area (Å²) in [5, 5.41) is 49.8. The second-order valence-corrected chi connectivity index (χ2v) is 24.3. The van der Waals surface area contributed by atoms with Crippen LogP contribution >= 0.6 is 0 Å². The van der Waals surface area contributed by atoms with Crippen LogP contribution in [0.2, 0.25) is 0 Å². The van der Waals surface area contributed by atoms with Gasteiger partial charge in [-0.1, -0.05) is 30.3 Å². The van der Waals surface area contributed by atoms with E-state index < -0.39 is 162 Å². The van der Waals surface area contributed by atoms with E-state index >= 15 is 0 Å². The van der Waals surface area contributed by atoms with Crippen LogP contribution in [0.3, 0.4) is 0 Å². The van der Waals surface area contributed by atoms with Crippen LogP contribution in [-0.4, -0.2) is 129 Å². The van der Waals surface area contributed by atoms with Gasteiger partial charge in [0, 0.05) is 51.7 Å². The molecule has 0 aliphatic rings. The molecule has 459 valence electrons. The summed E-state index contributed by atoms with van der Waals surface area (Å²) >= 11 is 0. The summed E-state index contributed by atoms with van der Waals surface area (Å²) in [7, 11) is -25.6. The van der Waals surface area contributed by atoms with Crippen molar-refractivity contribution in [3.63, 3.8) is 0 Å². The minimum Gasteiger partial charge on any atom is -0.504 e. The molecule has 1 unspecified atom stereocenters. The van der Waals surface area contributed by atoms with Crippen molar-refractivity contribution in [3.05, 3.63) is 132 Å². The van der Waals surface area contributed by atoms with Gasteiger partial charge in [-0.05, 0) is 85.8 Å². The molecule has 6 aromatic carbocycles. The number of aromatic nitrogens is 6. The molecule has 8 aromatic rings. The van der Waals surface area contributed by atoms with Crippen LogP contribution in [0.25, 0.3) is 10.8 Å². The van der Waals surface area contributed by atoms with Gasteiger partial charge in [-0.15, -0.1) is 10.2 Å². The Kier molecular flexibility index (Phi) is 19.3. The molecule has 2 heterocycles.